The fraction of sp³-hybridized carbons (Fsp3) is 0.625. The van der Waals surface area contributed by atoms with Crippen LogP contribution in [0.15, 0.2) is 24.3 Å². The van der Waals surface area contributed by atoms with Crippen LogP contribution in [0.3, 0.4) is 0 Å². The second-order valence-corrected chi connectivity index (χ2v) is 6.33. The van der Waals surface area contributed by atoms with Crippen LogP contribution in [0.1, 0.15) is 31.2 Å². The Morgan fingerprint density at radius 1 is 1.37 bits per heavy atom. The van der Waals surface area contributed by atoms with Gasteiger partial charge in [0.25, 0.3) is 0 Å². The lowest BCUT2D eigenvalue weighted by molar-refractivity contribution is -0.101. The second kappa shape index (κ2) is 5.14. The Bertz CT molecular complexity index is 436. The van der Waals surface area contributed by atoms with Crippen LogP contribution in [0.25, 0.3) is 0 Å². The smallest absolute Gasteiger partial charge is 0.119 e. The van der Waals surface area contributed by atoms with E-state index in [1.54, 1.807) is 7.11 Å². The van der Waals surface area contributed by atoms with Crippen molar-refractivity contribution in [3.63, 3.8) is 0 Å². The zero-order valence-electron chi connectivity index (χ0n) is 11.8. The Labute approximate surface area is 115 Å². The van der Waals surface area contributed by atoms with E-state index in [0.717, 1.165) is 25.5 Å². The topological polar surface area (TPSA) is 30.5 Å². The van der Waals surface area contributed by atoms with Crippen molar-refractivity contribution in [2.45, 2.75) is 31.7 Å². The van der Waals surface area contributed by atoms with E-state index >= 15 is 0 Å². The molecule has 3 heteroatoms. The molecule has 104 valence electrons. The molecule has 2 fully saturated rings. The number of benzene rings is 1. The first-order chi connectivity index (χ1) is 9.18. The molecular formula is C16H23NO2. The molecule has 19 heavy (non-hydrogen) atoms. The highest BCUT2D eigenvalue weighted by Crippen LogP contribution is 2.38. The van der Waals surface area contributed by atoms with E-state index in [-0.39, 0.29) is 0 Å². The highest BCUT2D eigenvalue weighted by atomic mass is 16.5. The molecule has 0 spiro atoms. The van der Waals surface area contributed by atoms with E-state index in [1.807, 2.05) is 6.07 Å². The Balaban J connectivity index is 1.46. The molecule has 1 aromatic rings. The molecule has 1 aliphatic carbocycles. The average molecular weight is 261 g/mol. The fourth-order valence-electron chi connectivity index (χ4n) is 2.90. The van der Waals surface area contributed by atoms with Gasteiger partial charge in [-0.2, -0.15) is 0 Å². The molecular weight excluding hydrogens is 238 g/mol. The van der Waals surface area contributed by atoms with Crippen LogP contribution in [0, 0.1) is 5.41 Å². The van der Waals surface area contributed by atoms with Gasteiger partial charge in [-0.3, -0.25) is 0 Å². The van der Waals surface area contributed by atoms with Crippen LogP contribution in [-0.2, 0) is 4.74 Å². The first-order valence-electron chi connectivity index (χ1n) is 7.14. The number of nitrogens with one attached hydrogen (secondary N) is 1. The largest absolute Gasteiger partial charge is 0.497 e. The lowest BCUT2D eigenvalue weighted by atomic mass is 9.75. The molecule has 3 rings (SSSR count). The minimum absolute atomic E-state index is 0.376. The van der Waals surface area contributed by atoms with Gasteiger partial charge in [-0.25, -0.2) is 0 Å². The van der Waals surface area contributed by atoms with E-state index in [1.165, 1.54) is 18.4 Å². The Morgan fingerprint density at radius 3 is 2.79 bits per heavy atom. The molecule has 3 nitrogen and oxygen atoms in total. The van der Waals surface area contributed by atoms with Crippen molar-refractivity contribution >= 4 is 0 Å². The summed E-state index contributed by atoms with van der Waals surface area (Å²) < 4.78 is 10.6. The molecule has 1 aromatic carbocycles. The molecule has 1 saturated carbocycles. The summed E-state index contributed by atoms with van der Waals surface area (Å²) in [5, 5.41) is 3.68. The van der Waals surface area contributed by atoms with Crippen LogP contribution < -0.4 is 10.1 Å². The van der Waals surface area contributed by atoms with E-state index in [9.17, 15) is 0 Å². The number of hydrogen-bond acceptors (Lipinski definition) is 3. The normalized spacial score (nSPS) is 28.3. The summed E-state index contributed by atoms with van der Waals surface area (Å²) in [7, 11) is 1.73. The van der Waals surface area contributed by atoms with Crippen molar-refractivity contribution in [1.82, 2.24) is 5.32 Å². The number of hydrogen-bond donors (Lipinski definition) is 1. The van der Waals surface area contributed by atoms with Gasteiger partial charge in [0, 0.05) is 18.0 Å². The third-order valence-electron chi connectivity index (χ3n) is 4.42. The fourth-order valence-corrected chi connectivity index (χ4v) is 2.90. The molecule has 1 N–H and O–H groups in total. The molecule has 2 aliphatic rings. The van der Waals surface area contributed by atoms with Crippen molar-refractivity contribution in [2.75, 3.05) is 26.9 Å². The number of ether oxygens (including phenoxy) is 2. The monoisotopic (exact) mass is 261 g/mol. The average Bonchev–Trinajstić information content (AvgIpc) is 2.35. The van der Waals surface area contributed by atoms with Crippen molar-refractivity contribution in [1.29, 1.82) is 0 Å². The van der Waals surface area contributed by atoms with Crippen molar-refractivity contribution in [3.8, 4) is 5.75 Å². The minimum atomic E-state index is 0.376. The summed E-state index contributed by atoms with van der Waals surface area (Å²) >= 11 is 0. The molecule has 0 aromatic heterocycles. The summed E-state index contributed by atoms with van der Waals surface area (Å²) in [6, 6.07) is 9.15. The van der Waals surface area contributed by atoms with Gasteiger partial charge in [0.15, 0.2) is 0 Å². The predicted octanol–water partition coefficient (Wildman–Crippen LogP) is 2.57. The van der Waals surface area contributed by atoms with Crippen LogP contribution in [0.4, 0.5) is 0 Å². The van der Waals surface area contributed by atoms with Crippen LogP contribution in [0.5, 0.6) is 5.75 Å². The molecule has 0 unspecified atom stereocenters. The van der Waals surface area contributed by atoms with E-state index in [4.69, 9.17) is 9.47 Å². The number of rotatable bonds is 5. The first-order valence-corrected chi connectivity index (χ1v) is 7.14. The predicted molar refractivity (Wildman–Crippen MR) is 75.7 cm³/mol. The van der Waals surface area contributed by atoms with Crippen LogP contribution in [-0.4, -0.2) is 32.9 Å². The quantitative estimate of drug-likeness (QED) is 0.883. The third-order valence-corrected chi connectivity index (χ3v) is 4.42. The summed E-state index contributed by atoms with van der Waals surface area (Å²) in [5.74, 6) is 1.66. The molecule has 0 amide bonds. The van der Waals surface area contributed by atoms with Gasteiger partial charge in [-0.15, -0.1) is 0 Å². The van der Waals surface area contributed by atoms with Crippen molar-refractivity contribution < 1.29 is 9.47 Å². The molecule has 1 heterocycles. The van der Waals surface area contributed by atoms with E-state index < -0.39 is 0 Å². The molecule has 0 atom stereocenters. The summed E-state index contributed by atoms with van der Waals surface area (Å²) in [5.41, 5.74) is 1.79. The Morgan fingerprint density at radius 2 is 2.16 bits per heavy atom. The standard InChI is InChI=1S/C16H23NO2/c1-16(10-19-11-16)9-17-14-6-13(7-14)12-4-3-5-15(8-12)18-2/h3-5,8,13-14,17H,6-7,9-11H2,1-2H3. The lowest BCUT2D eigenvalue weighted by Gasteiger charge is -2.42. The summed E-state index contributed by atoms with van der Waals surface area (Å²) in [6.07, 6.45) is 2.48. The minimum Gasteiger partial charge on any atom is -0.497 e. The van der Waals surface area contributed by atoms with E-state index in [2.05, 4.69) is 30.4 Å². The molecule has 0 radical (unpaired) electrons. The number of methoxy groups -OCH3 is 1. The van der Waals surface area contributed by atoms with Crippen molar-refractivity contribution in [3.05, 3.63) is 29.8 Å². The molecule has 1 saturated heterocycles. The molecule has 0 bridgehead atoms. The highest BCUT2D eigenvalue weighted by molar-refractivity contribution is 5.32. The zero-order chi connectivity index (χ0) is 13.3. The van der Waals surface area contributed by atoms with Crippen molar-refractivity contribution in [2.24, 2.45) is 5.41 Å². The Hall–Kier alpha value is -1.06. The SMILES string of the molecule is COc1cccc(C2CC(NCC3(C)COC3)C2)c1. The maximum absolute atomic E-state index is 5.29. The lowest BCUT2D eigenvalue weighted by Crippen LogP contribution is -2.51. The van der Waals surface area contributed by atoms with Gasteiger partial charge in [-0.05, 0) is 36.5 Å². The highest BCUT2D eigenvalue weighted by Gasteiger charge is 2.36. The van der Waals surface area contributed by atoms with Crippen LogP contribution >= 0.6 is 0 Å². The van der Waals surface area contributed by atoms with E-state index in [0.29, 0.717) is 17.4 Å². The van der Waals surface area contributed by atoms with Crippen LogP contribution in [0.2, 0.25) is 0 Å². The van der Waals surface area contributed by atoms with Gasteiger partial charge < -0.3 is 14.8 Å². The van der Waals surface area contributed by atoms with Gasteiger partial charge in [0.05, 0.1) is 20.3 Å². The van der Waals surface area contributed by atoms with Gasteiger partial charge in [-0.1, -0.05) is 19.1 Å². The maximum Gasteiger partial charge on any atom is 0.119 e. The third kappa shape index (κ3) is 2.77. The Kier molecular flexibility index (Phi) is 3.50. The first kappa shape index (κ1) is 12.9. The van der Waals surface area contributed by atoms with Gasteiger partial charge >= 0.3 is 0 Å². The van der Waals surface area contributed by atoms with Gasteiger partial charge in [0.2, 0.25) is 0 Å². The zero-order valence-corrected chi connectivity index (χ0v) is 11.8. The summed E-state index contributed by atoms with van der Waals surface area (Å²) in [4.78, 5) is 0. The summed E-state index contributed by atoms with van der Waals surface area (Å²) in [6.45, 7) is 5.20. The molecule has 1 aliphatic heterocycles. The van der Waals surface area contributed by atoms with Gasteiger partial charge in [0.1, 0.15) is 5.75 Å². The maximum atomic E-state index is 5.29. The second-order valence-electron chi connectivity index (χ2n) is 6.33.